The summed E-state index contributed by atoms with van der Waals surface area (Å²) >= 11 is 0. The number of ether oxygens (including phenoxy) is 1. The lowest BCUT2D eigenvalue weighted by atomic mass is 10.1. The highest BCUT2D eigenvalue weighted by atomic mass is 19.1. The van der Waals surface area contributed by atoms with Crippen LogP contribution in [0.1, 0.15) is 18.5 Å². The van der Waals surface area contributed by atoms with Crippen LogP contribution in [0.25, 0.3) is 0 Å². The van der Waals surface area contributed by atoms with E-state index in [2.05, 4.69) is 11.9 Å². The number of hydrogen-bond donors (Lipinski definition) is 2. The molecule has 0 spiro atoms. The van der Waals surface area contributed by atoms with Crippen LogP contribution in [-0.4, -0.2) is 19.1 Å². The van der Waals surface area contributed by atoms with Crippen LogP contribution < -0.4 is 15.8 Å². The predicted molar refractivity (Wildman–Crippen MR) is 67.7 cm³/mol. The Kier molecular flexibility index (Phi) is 5.32. The number of carbonyl (C=O) groups is 1. The van der Waals surface area contributed by atoms with E-state index in [1.54, 1.807) is 25.1 Å². The second-order valence-electron chi connectivity index (χ2n) is 3.85. The van der Waals surface area contributed by atoms with Crippen LogP contribution >= 0.6 is 0 Å². The molecule has 1 atom stereocenters. The summed E-state index contributed by atoms with van der Waals surface area (Å²) in [6.07, 6.45) is 1.56. The normalized spacial score (nSPS) is 11.7. The SMILES string of the molecule is C=CCNC(=O)COc1ccc([C@@H](C)N)c(F)c1. The molecule has 18 heavy (non-hydrogen) atoms. The lowest BCUT2D eigenvalue weighted by molar-refractivity contribution is -0.122. The quantitative estimate of drug-likeness (QED) is 0.755. The Bertz CT molecular complexity index is 433. The highest BCUT2D eigenvalue weighted by Gasteiger charge is 2.09. The number of carbonyl (C=O) groups excluding carboxylic acids is 1. The van der Waals surface area contributed by atoms with Crippen LogP contribution in [0.15, 0.2) is 30.9 Å². The van der Waals surface area contributed by atoms with E-state index in [0.29, 0.717) is 17.9 Å². The Hall–Kier alpha value is -1.88. The number of amides is 1. The summed E-state index contributed by atoms with van der Waals surface area (Å²) in [5.74, 6) is -0.425. The van der Waals surface area contributed by atoms with Crippen LogP contribution in [0.3, 0.4) is 0 Å². The highest BCUT2D eigenvalue weighted by molar-refractivity contribution is 5.77. The van der Waals surface area contributed by atoms with Crippen molar-refractivity contribution in [2.45, 2.75) is 13.0 Å². The molecule has 0 heterocycles. The summed E-state index contributed by atoms with van der Waals surface area (Å²) < 4.78 is 18.7. The predicted octanol–water partition coefficient (Wildman–Crippen LogP) is 1.53. The van der Waals surface area contributed by atoms with Gasteiger partial charge >= 0.3 is 0 Å². The minimum atomic E-state index is -0.436. The van der Waals surface area contributed by atoms with E-state index in [4.69, 9.17) is 10.5 Å². The molecule has 4 nitrogen and oxygen atoms in total. The summed E-state index contributed by atoms with van der Waals surface area (Å²) in [7, 11) is 0. The topological polar surface area (TPSA) is 64.3 Å². The average Bonchev–Trinajstić information content (AvgIpc) is 2.33. The third kappa shape index (κ3) is 4.18. The van der Waals surface area contributed by atoms with Crippen molar-refractivity contribution in [1.82, 2.24) is 5.32 Å². The van der Waals surface area contributed by atoms with Crippen molar-refractivity contribution in [3.8, 4) is 5.75 Å². The molecule has 0 saturated heterocycles. The molecule has 0 radical (unpaired) electrons. The van der Waals surface area contributed by atoms with Crippen molar-refractivity contribution in [2.24, 2.45) is 5.73 Å². The second kappa shape index (κ2) is 6.76. The van der Waals surface area contributed by atoms with Crippen LogP contribution in [0.2, 0.25) is 0 Å². The van der Waals surface area contributed by atoms with Crippen LogP contribution in [-0.2, 0) is 4.79 Å². The Labute approximate surface area is 106 Å². The van der Waals surface area contributed by atoms with E-state index in [1.807, 2.05) is 0 Å². The highest BCUT2D eigenvalue weighted by Crippen LogP contribution is 2.20. The molecule has 0 bridgehead atoms. The number of nitrogens with one attached hydrogen (secondary N) is 1. The molecule has 1 aromatic carbocycles. The smallest absolute Gasteiger partial charge is 0.258 e. The van der Waals surface area contributed by atoms with Gasteiger partial charge in [-0.15, -0.1) is 6.58 Å². The first-order chi connectivity index (χ1) is 8.54. The van der Waals surface area contributed by atoms with Gasteiger partial charge in [-0.1, -0.05) is 12.1 Å². The Morgan fingerprint density at radius 2 is 2.39 bits per heavy atom. The molecule has 0 aliphatic heterocycles. The van der Waals surface area contributed by atoms with Gasteiger partial charge in [0.05, 0.1) is 0 Å². The fraction of sp³-hybridized carbons (Fsp3) is 0.308. The van der Waals surface area contributed by atoms with E-state index in [1.165, 1.54) is 6.07 Å². The molecule has 98 valence electrons. The molecule has 0 aromatic heterocycles. The van der Waals surface area contributed by atoms with E-state index < -0.39 is 5.82 Å². The van der Waals surface area contributed by atoms with Crippen molar-refractivity contribution in [3.63, 3.8) is 0 Å². The van der Waals surface area contributed by atoms with Crippen LogP contribution in [0.4, 0.5) is 4.39 Å². The van der Waals surface area contributed by atoms with Crippen LogP contribution in [0, 0.1) is 5.82 Å². The molecule has 1 rings (SSSR count). The third-order valence-electron chi connectivity index (χ3n) is 2.28. The number of benzene rings is 1. The molecule has 0 saturated carbocycles. The summed E-state index contributed by atoms with van der Waals surface area (Å²) in [5.41, 5.74) is 6.00. The number of hydrogen-bond acceptors (Lipinski definition) is 3. The summed E-state index contributed by atoms with van der Waals surface area (Å²) in [6, 6.07) is 3.98. The van der Waals surface area contributed by atoms with E-state index in [0.717, 1.165) is 0 Å². The first kappa shape index (κ1) is 14.2. The fourth-order valence-electron chi connectivity index (χ4n) is 1.35. The largest absolute Gasteiger partial charge is 0.484 e. The first-order valence-corrected chi connectivity index (χ1v) is 5.60. The Morgan fingerprint density at radius 3 is 2.94 bits per heavy atom. The van der Waals surface area contributed by atoms with Crippen molar-refractivity contribution in [2.75, 3.05) is 13.2 Å². The van der Waals surface area contributed by atoms with E-state index in [9.17, 15) is 9.18 Å². The van der Waals surface area contributed by atoms with Gasteiger partial charge < -0.3 is 15.8 Å². The fourth-order valence-corrected chi connectivity index (χ4v) is 1.35. The zero-order valence-electron chi connectivity index (χ0n) is 10.3. The zero-order chi connectivity index (χ0) is 13.5. The van der Waals surface area contributed by atoms with Crippen molar-refractivity contribution in [3.05, 3.63) is 42.2 Å². The molecule has 0 unspecified atom stereocenters. The minimum Gasteiger partial charge on any atom is -0.484 e. The molecule has 0 fully saturated rings. The van der Waals surface area contributed by atoms with Crippen molar-refractivity contribution in [1.29, 1.82) is 0 Å². The van der Waals surface area contributed by atoms with Crippen molar-refractivity contribution >= 4 is 5.91 Å². The van der Waals surface area contributed by atoms with Gasteiger partial charge in [-0.25, -0.2) is 4.39 Å². The minimum absolute atomic E-state index is 0.162. The second-order valence-corrected chi connectivity index (χ2v) is 3.85. The summed E-state index contributed by atoms with van der Waals surface area (Å²) in [5, 5.41) is 2.55. The lowest BCUT2D eigenvalue weighted by Gasteiger charge is -2.10. The van der Waals surface area contributed by atoms with Gasteiger partial charge in [-0.2, -0.15) is 0 Å². The average molecular weight is 252 g/mol. The standard InChI is InChI=1S/C13H17FN2O2/c1-3-6-16-13(17)8-18-10-4-5-11(9(2)15)12(14)7-10/h3-5,7,9H,1,6,8,15H2,2H3,(H,16,17)/t9-/m1/s1. The Morgan fingerprint density at radius 1 is 1.67 bits per heavy atom. The maximum Gasteiger partial charge on any atom is 0.258 e. The lowest BCUT2D eigenvalue weighted by Crippen LogP contribution is -2.28. The van der Waals surface area contributed by atoms with Crippen molar-refractivity contribution < 1.29 is 13.9 Å². The van der Waals surface area contributed by atoms with Crippen LogP contribution in [0.5, 0.6) is 5.75 Å². The van der Waals surface area contributed by atoms with Gasteiger partial charge in [0, 0.05) is 24.2 Å². The molecule has 5 heteroatoms. The summed E-state index contributed by atoms with van der Waals surface area (Å²) in [4.78, 5) is 11.2. The molecule has 1 aromatic rings. The molecule has 3 N–H and O–H groups in total. The summed E-state index contributed by atoms with van der Waals surface area (Å²) in [6.45, 7) is 5.38. The zero-order valence-corrected chi connectivity index (χ0v) is 10.3. The molecule has 0 aliphatic rings. The van der Waals surface area contributed by atoms with Gasteiger partial charge in [-0.05, 0) is 13.0 Å². The molecular formula is C13H17FN2O2. The van der Waals surface area contributed by atoms with E-state index >= 15 is 0 Å². The maximum atomic E-state index is 13.6. The maximum absolute atomic E-state index is 13.6. The monoisotopic (exact) mass is 252 g/mol. The van der Waals surface area contributed by atoms with Gasteiger partial charge in [-0.3, -0.25) is 4.79 Å². The molecular weight excluding hydrogens is 235 g/mol. The van der Waals surface area contributed by atoms with E-state index in [-0.39, 0.29) is 18.6 Å². The Balaban J connectivity index is 2.56. The third-order valence-corrected chi connectivity index (χ3v) is 2.28. The molecule has 0 aliphatic carbocycles. The van der Waals surface area contributed by atoms with Gasteiger partial charge in [0.1, 0.15) is 11.6 Å². The van der Waals surface area contributed by atoms with Gasteiger partial charge in [0.25, 0.3) is 5.91 Å². The first-order valence-electron chi connectivity index (χ1n) is 5.60. The number of nitrogens with two attached hydrogens (primary N) is 1. The number of rotatable bonds is 6. The van der Waals surface area contributed by atoms with Gasteiger partial charge in [0.2, 0.25) is 0 Å². The van der Waals surface area contributed by atoms with Gasteiger partial charge in [0.15, 0.2) is 6.61 Å². The number of halogens is 1. The molecule has 1 amide bonds.